The highest BCUT2D eigenvalue weighted by Crippen LogP contribution is 2.24. The van der Waals surface area contributed by atoms with Crippen LogP contribution in [0.5, 0.6) is 5.75 Å². The molecule has 1 unspecified atom stereocenters. The molecular weight excluding hydrogens is 242 g/mol. The average molecular weight is 261 g/mol. The Morgan fingerprint density at radius 1 is 1.28 bits per heavy atom. The molecule has 2 nitrogen and oxygen atoms in total. The molecule has 96 valence electrons. The summed E-state index contributed by atoms with van der Waals surface area (Å²) in [5, 5.41) is 1.12. The van der Waals surface area contributed by atoms with Crippen LogP contribution in [-0.2, 0) is 0 Å². The number of aryl methyl sites for hydroxylation is 1. The molecule has 1 aromatic carbocycles. The molecule has 0 N–H and O–H groups in total. The second-order valence-electron chi connectivity index (χ2n) is 4.55. The molecule has 0 saturated heterocycles. The van der Waals surface area contributed by atoms with Gasteiger partial charge in [-0.25, -0.2) is 4.98 Å². The third-order valence-electron chi connectivity index (χ3n) is 3.13. The molecule has 0 aliphatic rings. The van der Waals surface area contributed by atoms with Crippen LogP contribution in [-0.4, -0.2) is 17.3 Å². The number of para-hydroxylation sites is 1. The van der Waals surface area contributed by atoms with Gasteiger partial charge in [-0.2, -0.15) is 12.6 Å². The van der Waals surface area contributed by atoms with Gasteiger partial charge in [-0.05, 0) is 31.2 Å². The Balaban J connectivity index is 2.24. The Bertz CT molecular complexity index is 523. The number of aromatic nitrogens is 1. The first-order valence-electron chi connectivity index (χ1n) is 6.34. The third kappa shape index (κ3) is 2.96. The van der Waals surface area contributed by atoms with Gasteiger partial charge in [0.25, 0.3) is 0 Å². The molecule has 1 atom stereocenters. The number of rotatable bonds is 5. The van der Waals surface area contributed by atoms with Crippen LogP contribution in [0.25, 0.3) is 10.9 Å². The number of benzene rings is 1. The van der Waals surface area contributed by atoms with Crippen LogP contribution in [0, 0.1) is 12.8 Å². The van der Waals surface area contributed by atoms with Gasteiger partial charge in [0.2, 0.25) is 0 Å². The molecule has 1 aromatic heterocycles. The average Bonchev–Trinajstić information content (AvgIpc) is 2.40. The van der Waals surface area contributed by atoms with Crippen LogP contribution in [0.1, 0.15) is 19.0 Å². The summed E-state index contributed by atoms with van der Waals surface area (Å²) in [7, 11) is 0. The molecule has 1 heterocycles. The van der Waals surface area contributed by atoms with Gasteiger partial charge in [0, 0.05) is 17.0 Å². The normalized spacial score (nSPS) is 12.6. The molecule has 18 heavy (non-hydrogen) atoms. The zero-order valence-corrected chi connectivity index (χ0v) is 11.8. The van der Waals surface area contributed by atoms with Crippen molar-refractivity contribution >= 4 is 23.5 Å². The maximum Gasteiger partial charge on any atom is 0.145 e. The molecule has 3 heteroatoms. The van der Waals surface area contributed by atoms with Crippen molar-refractivity contribution in [3.63, 3.8) is 0 Å². The largest absolute Gasteiger partial charge is 0.491 e. The minimum absolute atomic E-state index is 0.494. The summed E-state index contributed by atoms with van der Waals surface area (Å²) in [6.45, 7) is 4.86. The van der Waals surface area contributed by atoms with Crippen molar-refractivity contribution in [2.75, 3.05) is 12.4 Å². The van der Waals surface area contributed by atoms with Crippen LogP contribution >= 0.6 is 12.6 Å². The van der Waals surface area contributed by atoms with Crippen LogP contribution in [0.3, 0.4) is 0 Å². The number of hydrogen-bond acceptors (Lipinski definition) is 3. The SMILES string of the molecule is CCC(CS)COc1cccc2ccc(C)nc12. The number of fused-ring (bicyclic) bond motifs is 1. The molecule has 0 spiro atoms. The zero-order chi connectivity index (χ0) is 13.0. The van der Waals surface area contributed by atoms with Crippen molar-refractivity contribution in [3.05, 3.63) is 36.0 Å². The number of hydrogen-bond donors (Lipinski definition) is 1. The lowest BCUT2D eigenvalue weighted by Gasteiger charge is -2.14. The van der Waals surface area contributed by atoms with E-state index >= 15 is 0 Å². The highest BCUT2D eigenvalue weighted by atomic mass is 32.1. The lowest BCUT2D eigenvalue weighted by Crippen LogP contribution is -2.12. The predicted octanol–water partition coefficient (Wildman–Crippen LogP) is 3.88. The van der Waals surface area contributed by atoms with E-state index in [1.165, 1.54) is 0 Å². The Hall–Kier alpha value is -1.22. The first kappa shape index (κ1) is 13.2. The third-order valence-corrected chi connectivity index (χ3v) is 3.65. The summed E-state index contributed by atoms with van der Waals surface area (Å²) in [4.78, 5) is 4.56. The first-order chi connectivity index (χ1) is 8.74. The maximum absolute atomic E-state index is 5.91. The lowest BCUT2D eigenvalue weighted by atomic mass is 10.1. The van der Waals surface area contributed by atoms with Crippen LogP contribution < -0.4 is 4.74 Å². The highest BCUT2D eigenvalue weighted by Gasteiger charge is 2.08. The van der Waals surface area contributed by atoms with Gasteiger partial charge in [-0.3, -0.25) is 0 Å². The van der Waals surface area contributed by atoms with E-state index in [1.807, 2.05) is 25.1 Å². The zero-order valence-electron chi connectivity index (χ0n) is 10.9. The van der Waals surface area contributed by atoms with E-state index in [9.17, 15) is 0 Å². The summed E-state index contributed by atoms with van der Waals surface area (Å²) >= 11 is 4.34. The molecule has 0 saturated carbocycles. The van der Waals surface area contributed by atoms with Crippen LogP contribution in [0.4, 0.5) is 0 Å². The fourth-order valence-corrected chi connectivity index (χ4v) is 2.20. The molecule has 0 radical (unpaired) electrons. The van der Waals surface area contributed by atoms with E-state index < -0.39 is 0 Å². The van der Waals surface area contributed by atoms with Crippen LogP contribution in [0.15, 0.2) is 30.3 Å². The van der Waals surface area contributed by atoms with E-state index in [4.69, 9.17) is 4.74 Å². The quantitative estimate of drug-likeness (QED) is 0.825. The number of ether oxygens (including phenoxy) is 1. The van der Waals surface area contributed by atoms with Crippen molar-refractivity contribution in [2.24, 2.45) is 5.92 Å². The molecule has 0 bridgehead atoms. The fraction of sp³-hybridized carbons (Fsp3) is 0.400. The van der Waals surface area contributed by atoms with Gasteiger partial charge in [-0.1, -0.05) is 25.1 Å². The van der Waals surface area contributed by atoms with Gasteiger partial charge < -0.3 is 4.74 Å². The molecule has 0 amide bonds. The Morgan fingerprint density at radius 2 is 2.11 bits per heavy atom. The summed E-state index contributed by atoms with van der Waals surface area (Å²) in [6.07, 6.45) is 1.08. The second-order valence-corrected chi connectivity index (χ2v) is 4.91. The minimum atomic E-state index is 0.494. The van der Waals surface area contributed by atoms with Crippen molar-refractivity contribution in [1.82, 2.24) is 4.98 Å². The number of nitrogens with zero attached hydrogens (tertiary/aromatic N) is 1. The predicted molar refractivity (Wildman–Crippen MR) is 79.6 cm³/mol. The minimum Gasteiger partial charge on any atom is -0.491 e. The smallest absolute Gasteiger partial charge is 0.145 e. The van der Waals surface area contributed by atoms with E-state index in [1.54, 1.807) is 0 Å². The van der Waals surface area contributed by atoms with Crippen molar-refractivity contribution in [1.29, 1.82) is 0 Å². The summed E-state index contributed by atoms with van der Waals surface area (Å²) in [5.41, 5.74) is 1.96. The van der Waals surface area contributed by atoms with E-state index in [0.29, 0.717) is 12.5 Å². The molecular formula is C15H19NOS. The molecule has 0 aliphatic heterocycles. The van der Waals surface area contributed by atoms with Gasteiger partial charge >= 0.3 is 0 Å². The van der Waals surface area contributed by atoms with E-state index in [0.717, 1.165) is 34.5 Å². The topological polar surface area (TPSA) is 22.1 Å². The Labute approximate surface area is 114 Å². The molecule has 2 aromatic rings. The van der Waals surface area contributed by atoms with Gasteiger partial charge in [0.05, 0.1) is 6.61 Å². The van der Waals surface area contributed by atoms with E-state index in [2.05, 4.69) is 36.7 Å². The van der Waals surface area contributed by atoms with Crippen molar-refractivity contribution in [3.8, 4) is 5.75 Å². The van der Waals surface area contributed by atoms with Gasteiger partial charge in [-0.15, -0.1) is 0 Å². The maximum atomic E-state index is 5.91. The Morgan fingerprint density at radius 3 is 2.83 bits per heavy atom. The summed E-state index contributed by atoms with van der Waals surface area (Å²) in [5.74, 6) is 2.22. The fourth-order valence-electron chi connectivity index (χ4n) is 1.84. The molecule has 0 aliphatic carbocycles. The number of pyridine rings is 1. The van der Waals surface area contributed by atoms with Crippen LogP contribution in [0.2, 0.25) is 0 Å². The highest BCUT2D eigenvalue weighted by molar-refractivity contribution is 7.80. The molecule has 0 fully saturated rings. The summed E-state index contributed by atoms with van der Waals surface area (Å²) < 4.78 is 5.91. The van der Waals surface area contributed by atoms with Gasteiger partial charge in [0.15, 0.2) is 0 Å². The standard InChI is InChI=1S/C15H19NOS/c1-3-12(10-18)9-17-14-6-4-5-13-8-7-11(2)16-15(13)14/h4-8,12,18H,3,9-10H2,1-2H3. The first-order valence-corrected chi connectivity index (χ1v) is 6.98. The second kappa shape index (κ2) is 6.10. The summed E-state index contributed by atoms with van der Waals surface area (Å²) in [6, 6.07) is 10.2. The van der Waals surface area contributed by atoms with Gasteiger partial charge in [0.1, 0.15) is 11.3 Å². The molecule has 2 rings (SSSR count). The monoisotopic (exact) mass is 261 g/mol. The lowest BCUT2D eigenvalue weighted by molar-refractivity contribution is 0.262. The van der Waals surface area contributed by atoms with E-state index in [-0.39, 0.29) is 0 Å². The van der Waals surface area contributed by atoms with Crippen molar-refractivity contribution < 1.29 is 4.74 Å². The number of thiol groups is 1. The Kier molecular flexibility index (Phi) is 4.48. The van der Waals surface area contributed by atoms with Crippen molar-refractivity contribution in [2.45, 2.75) is 20.3 Å².